The summed E-state index contributed by atoms with van der Waals surface area (Å²) in [4.78, 5) is 13.3. The molecule has 1 aromatic heterocycles. The van der Waals surface area contributed by atoms with Gasteiger partial charge in [0.15, 0.2) is 5.88 Å². The Balaban J connectivity index is 1.86. The van der Waals surface area contributed by atoms with Crippen LogP contribution >= 0.6 is 0 Å². The molecule has 0 aliphatic carbocycles. The number of piperidine rings is 1. The molecule has 104 valence electrons. The van der Waals surface area contributed by atoms with E-state index < -0.39 is 0 Å². The average Bonchev–Trinajstić information content (AvgIpc) is 2.89. The van der Waals surface area contributed by atoms with Crippen molar-refractivity contribution in [3.8, 4) is 0 Å². The number of methoxy groups -OCH3 is 1. The monoisotopic (exact) mass is 265 g/mol. The van der Waals surface area contributed by atoms with Gasteiger partial charge >= 0.3 is 0 Å². The molecular formula is C13H19N3O3. The van der Waals surface area contributed by atoms with E-state index in [-0.39, 0.29) is 12.5 Å². The molecule has 19 heavy (non-hydrogen) atoms. The molecule has 1 aliphatic rings. The molecule has 1 aromatic rings. The van der Waals surface area contributed by atoms with Crippen LogP contribution in [0.2, 0.25) is 0 Å². The highest BCUT2D eigenvalue weighted by Gasteiger charge is 2.13. The number of ether oxygens (including phenoxy) is 1. The van der Waals surface area contributed by atoms with Crippen LogP contribution in [0.25, 0.3) is 0 Å². The third-order valence-electron chi connectivity index (χ3n) is 2.94. The molecule has 1 amide bonds. The van der Waals surface area contributed by atoms with Gasteiger partial charge in [-0.1, -0.05) is 0 Å². The van der Waals surface area contributed by atoms with Crippen molar-refractivity contribution in [1.82, 2.24) is 5.43 Å². The summed E-state index contributed by atoms with van der Waals surface area (Å²) in [6.07, 6.45) is 5.19. The summed E-state index contributed by atoms with van der Waals surface area (Å²) >= 11 is 0. The minimum atomic E-state index is -0.290. The van der Waals surface area contributed by atoms with E-state index in [1.54, 1.807) is 0 Å². The van der Waals surface area contributed by atoms with Gasteiger partial charge in [0, 0.05) is 26.3 Å². The third kappa shape index (κ3) is 4.10. The van der Waals surface area contributed by atoms with E-state index in [1.807, 2.05) is 12.1 Å². The Labute approximate surface area is 112 Å². The standard InChI is InChI=1S/C13H19N3O3/c1-18-10-12(17)15-14-9-11-5-6-13(19-11)16-7-3-2-4-8-16/h5-6,9H,2-4,7-8,10H2,1H3,(H,15,17). The lowest BCUT2D eigenvalue weighted by atomic mass is 10.1. The Morgan fingerprint density at radius 2 is 2.26 bits per heavy atom. The number of furan rings is 1. The van der Waals surface area contributed by atoms with E-state index in [4.69, 9.17) is 4.42 Å². The molecular weight excluding hydrogens is 246 g/mol. The van der Waals surface area contributed by atoms with Crippen LogP contribution in [0.1, 0.15) is 25.0 Å². The second kappa shape index (κ2) is 6.94. The van der Waals surface area contributed by atoms with Crippen LogP contribution in [0.4, 0.5) is 5.88 Å². The van der Waals surface area contributed by atoms with Crippen molar-refractivity contribution in [3.05, 3.63) is 17.9 Å². The fourth-order valence-electron chi connectivity index (χ4n) is 2.03. The van der Waals surface area contributed by atoms with Gasteiger partial charge in [-0.3, -0.25) is 4.79 Å². The van der Waals surface area contributed by atoms with Gasteiger partial charge in [-0.05, 0) is 25.3 Å². The van der Waals surface area contributed by atoms with Crippen LogP contribution < -0.4 is 10.3 Å². The topological polar surface area (TPSA) is 67.1 Å². The highest BCUT2D eigenvalue weighted by Crippen LogP contribution is 2.21. The van der Waals surface area contributed by atoms with Crippen molar-refractivity contribution in [2.45, 2.75) is 19.3 Å². The maximum Gasteiger partial charge on any atom is 0.266 e. The Bertz CT molecular complexity index is 436. The molecule has 0 bridgehead atoms. The Morgan fingerprint density at radius 1 is 1.47 bits per heavy atom. The van der Waals surface area contributed by atoms with Crippen molar-refractivity contribution in [2.24, 2.45) is 5.10 Å². The second-order valence-electron chi connectivity index (χ2n) is 4.45. The molecule has 0 saturated carbocycles. The minimum Gasteiger partial charge on any atom is -0.440 e. The van der Waals surface area contributed by atoms with E-state index in [2.05, 4.69) is 20.2 Å². The van der Waals surface area contributed by atoms with Crippen LogP contribution in [0.5, 0.6) is 0 Å². The first-order valence-electron chi connectivity index (χ1n) is 6.45. The first-order valence-corrected chi connectivity index (χ1v) is 6.45. The molecule has 6 nitrogen and oxygen atoms in total. The number of rotatable bonds is 5. The number of hydrogen-bond donors (Lipinski definition) is 1. The second-order valence-corrected chi connectivity index (χ2v) is 4.45. The van der Waals surface area contributed by atoms with Crippen LogP contribution in [0.15, 0.2) is 21.7 Å². The molecule has 2 heterocycles. The molecule has 0 atom stereocenters. The van der Waals surface area contributed by atoms with Crippen molar-refractivity contribution in [3.63, 3.8) is 0 Å². The van der Waals surface area contributed by atoms with Gasteiger partial charge in [0.1, 0.15) is 12.4 Å². The lowest BCUT2D eigenvalue weighted by molar-refractivity contribution is -0.124. The average molecular weight is 265 g/mol. The SMILES string of the molecule is COCC(=O)NN=Cc1ccc(N2CCCCC2)o1. The predicted molar refractivity (Wildman–Crippen MR) is 72.4 cm³/mol. The van der Waals surface area contributed by atoms with Gasteiger partial charge in [0.05, 0.1) is 6.21 Å². The molecule has 0 unspecified atom stereocenters. The number of carbonyl (C=O) groups is 1. The fourth-order valence-corrected chi connectivity index (χ4v) is 2.03. The van der Waals surface area contributed by atoms with E-state index in [9.17, 15) is 4.79 Å². The number of anilines is 1. The normalized spacial score (nSPS) is 15.9. The Morgan fingerprint density at radius 3 is 3.00 bits per heavy atom. The number of carbonyl (C=O) groups excluding carboxylic acids is 1. The van der Waals surface area contributed by atoms with Crippen LogP contribution in [-0.4, -0.2) is 38.9 Å². The summed E-state index contributed by atoms with van der Waals surface area (Å²) in [5, 5.41) is 3.80. The first kappa shape index (κ1) is 13.6. The third-order valence-corrected chi connectivity index (χ3v) is 2.94. The summed E-state index contributed by atoms with van der Waals surface area (Å²) < 4.78 is 10.3. The number of hydrogen-bond acceptors (Lipinski definition) is 5. The number of nitrogens with zero attached hydrogens (tertiary/aromatic N) is 2. The highest BCUT2D eigenvalue weighted by atomic mass is 16.5. The maximum atomic E-state index is 11.1. The lowest BCUT2D eigenvalue weighted by Gasteiger charge is -2.25. The molecule has 2 rings (SSSR count). The number of amides is 1. The quantitative estimate of drug-likeness (QED) is 0.645. The van der Waals surface area contributed by atoms with Crippen molar-refractivity contribution < 1.29 is 13.9 Å². The number of nitrogens with one attached hydrogen (secondary N) is 1. The minimum absolute atomic E-state index is 0.00543. The lowest BCUT2D eigenvalue weighted by Crippen LogP contribution is -2.28. The molecule has 0 aromatic carbocycles. The van der Waals surface area contributed by atoms with Gasteiger partial charge < -0.3 is 14.1 Å². The van der Waals surface area contributed by atoms with E-state index in [0.29, 0.717) is 5.76 Å². The molecule has 0 spiro atoms. The van der Waals surface area contributed by atoms with Crippen molar-refractivity contribution in [2.75, 3.05) is 31.7 Å². The summed E-state index contributed by atoms with van der Waals surface area (Å²) in [5.41, 5.74) is 2.35. The van der Waals surface area contributed by atoms with Crippen LogP contribution in [0, 0.1) is 0 Å². The molecule has 1 aliphatic heterocycles. The van der Waals surface area contributed by atoms with Crippen LogP contribution in [0.3, 0.4) is 0 Å². The molecule has 6 heteroatoms. The highest BCUT2D eigenvalue weighted by molar-refractivity contribution is 5.81. The first-order chi connectivity index (χ1) is 9.29. The van der Waals surface area contributed by atoms with E-state index in [1.165, 1.54) is 32.6 Å². The van der Waals surface area contributed by atoms with Crippen molar-refractivity contribution >= 4 is 18.0 Å². The summed E-state index contributed by atoms with van der Waals surface area (Å²) in [6, 6.07) is 3.78. The van der Waals surface area contributed by atoms with Gasteiger partial charge in [-0.2, -0.15) is 5.10 Å². The summed E-state index contributed by atoms with van der Waals surface area (Å²) in [7, 11) is 1.46. The fraction of sp³-hybridized carbons (Fsp3) is 0.538. The molecule has 0 radical (unpaired) electrons. The van der Waals surface area contributed by atoms with Gasteiger partial charge in [-0.25, -0.2) is 5.43 Å². The van der Waals surface area contributed by atoms with E-state index >= 15 is 0 Å². The van der Waals surface area contributed by atoms with Gasteiger partial charge in [0.25, 0.3) is 5.91 Å². The summed E-state index contributed by atoms with van der Waals surface area (Å²) in [5.74, 6) is 1.20. The zero-order valence-corrected chi connectivity index (χ0v) is 11.1. The summed E-state index contributed by atoms with van der Waals surface area (Å²) in [6.45, 7) is 2.07. The molecule has 1 fully saturated rings. The maximum absolute atomic E-state index is 11.1. The molecule has 1 saturated heterocycles. The largest absolute Gasteiger partial charge is 0.440 e. The van der Waals surface area contributed by atoms with Crippen molar-refractivity contribution in [1.29, 1.82) is 0 Å². The Kier molecular flexibility index (Phi) is 4.97. The predicted octanol–water partition coefficient (Wildman–Crippen LogP) is 1.37. The van der Waals surface area contributed by atoms with Gasteiger partial charge in [0.2, 0.25) is 0 Å². The Hall–Kier alpha value is -1.82. The van der Waals surface area contributed by atoms with Crippen LogP contribution in [-0.2, 0) is 9.53 Å². The number of hydrazone groups is 1. The molecule has 1 N–H and O–H groups in total. The zero-order chi connectivity index (χ0) is 13.5. The van der Waals surface area contributed by atoms with E-state index in [0.717, 1.165) is 19.0 Å². The smallest absolute Gasteiger partial charge is 0.266 e. The zero-order valence-electron chi connectivity index (χ0n) is 11.1. The van der Waals surface area contributed by atoms with Gasteiger partial charge in [-0.15, -0.1) is 0 Å².